The molecule has 1 aromatic rings. The molecular formula is C14H20N2O. The van der Waals surface area contributed by atoms with Crippen LogP contribution >= 0.6 is 0 Å². The molecule has 0 aliphatic heterocycles. The molecule has 3 heteroatoms. The van der Waals surface area contributed by atoms with E-state index >= 15 is 0 Å². The summed E-state index contributed by atoms with van der Waals surface area (Å²) >= 11 is 0. The normalized spacial score (nSPS) is 12.9. The third kappa shape index (κ3) is 4.72. The van der Waals surface area contributed by atoms with Crippen LogP contribution in [0.25, 0.3) is 6.08 Å². The summed E-state index contributed by atoms with van der Waals surface area (Å²) in [5.74, 6) is 0.367. The third-order valence-corrected chi connectivity index (χ3v) is 2.73. The number of anilines is 1. The highest BCUT2D eigenvalue weighted by Crippen LogP contribution is 2.07. The van der Waals surface area contributed by atoms with Crippen molar-refractivity contribution < 1.29 is 4.79 Å². The highest BCUT2D eigenvalue weighted by molar-refractivity contribution is 5.91. The first-order valence-electron chi connectivity index (χ1n) is 5.83. The zero-order valence-electron chi connectivity index (χ0n) is 10.6. The number of hydrogen-bond donors (Lipinski definition) is 2. The first-order chi connectivity index (χ1) is 7.99. The van der Waals surface area contributed by atoms with Crippen LogP contribution in [0.2, 0.25) is 0 Å². The zero-order chi connectivity index (χ0) is 12.8. The van der Waals surface area contributed by atoms with Crippen LogP contribution in [0.15, 0.2) is 30.3 Å². The van der Waals surface area contributed by atoms with Crippen molar-refractivity contribution in [1.29, 1.82) is 0 Å². The maximum Gasteiger partial charge on any atom is 0.244 e. The molecule has 0 aliphatic carbocycles. The summed E-state index contributed by atoms with van der Waals surface area (Å²) in [7, 11) is 0. The van der Waals surface area contributed by atoms with E-state index in [4.69, 9.17) is 5.73 Å². The lowest BCUT2D eigenvalue weighted by atomic mass is 10.1. The van der Waals surface area contributed by atoms with Gasteiger partial charge in [0.2, 0.25) is 5.91 Å². The largest absolute Gasteiger partial charge is 0.399 e. The van der Waals surface area contributed by atoms with Crippen molar-refractivity contribution in [3.63, 3.8) is 0 Å². The van der Waals surface area contributed by atoms with E-state index in [0.29, 0.717) is 5.92 Å². The van der Waals surface area contributed by atoms with Crippen LogP contribution in [0, 0.1) is 5.92 Å². The van der Waals surface area contributed by atoms with Gasteiger partial charge < -0.3 is 11.1 Å². The third-order valence-electron chi connectivity index (χ3n) is 2.73. The molecule has 0 spiro atoms. The van der Waals surface area contributed by atoms with E-state index in [0.717, 1.165) is 11.3 Å². The predicted molar refractivity (Wildman–Crippen MR) is 72.3 cm³/mol. The molecule has 17 heavy (non-hydrogen) atoms. The van der Waals surface area contributed by atoms with E-state index in [9.17, 15) is 4.79 Å². The number of hydrogen-bond acceptors (Lipinski definition) is 2. The number of nitrogens with one attached hydrogen (secondary N) is 1. The molecule has 0 bridgehead atoms. The van der Waals surface area contributed by atoms with Gasteiger partial charge in [-0.2, -0.15) is 0 Å². The molecule has 0 aromatic heterocycles. The van der Waals surface area contributed by atoms with Gasteiger partial charge in [-0.3, -0.25) is 4.79 Å². The van der Waals surface area contributed by atoms with Gasteiger partial charge in [0.1, 0.15) is 0 Å². The van der Waals surface area contributed by atoms with Crippen LogP contribution in [0.1, 0.15) is 26.3 Å². The standard InChI is InChI=1S/C14H20N2O/c1-10(2)11(3)16-14(17)9-6-12-4-7-13(15)8-5-12/h4-11H,15H2,1-3H3,(H,16,17)/b9-6+. The number of nitrogens with two attached hydrogens (primary N) is 1. The van der Waals surface area contributed by atoms with E-state index in [2.05, 4.69) is 19.2 Å². The maximum absolute atomic E-state index is 11.6. The van der Waals surface area contributed by atoms with Gasteiger partial charge in [0.25, 0.3) is 0 Å². The van der Waals surface area contributed by atoms with Crippen LogP contribution in [0.3, 0.4) is 0 Å². The second kappa shape index (κ2) is 6.09. The molecule has 0 saturated carbocycles. The minimum atomic E-state index is -0.0666. The summed E-state index contributed by atoms with van der Waals surface area (Å²) < 4.78 is 0. The Hall–Kier alpha value is -1.77. The molecule has 1 rings (SSSR count). The molecule has 0 fully saturated rings. The number of benzene rings is 1. The molecule has 3 N–H and O–H groups in total. The summed E-state index contributed by atoms with van der Waals surface area (Å²) in [5, 5.41) is 2.91. The van der Waals surface area contributed by atoms with Gasteiger partial charge >= 0.3 is 0 Å². The molecule has 1 aromatic carbocycles. The maximum atomic E-state index is 11.6. The fourth-order valence-corrected chi connectivity index (χ4v) is 1.22. The summed E-state index contributed by atoms with van der Waals surface area (Å²) in [4.78, 5) is 11.6. The fourth-order valence-electron chi connectivity index (χ4n) is 1.22. The quantitative estimate of drug-likeness (QED) is 0.619. The number of nitrogen functional groups attached to an aromatic ring is 1. The van der Waals surface area contributed by atoms with Crippen LogP contribution in [0.4, 0.5) is 5.69 Å². The van der Waals surface area contributed by atoms with Crippen molar-refractivity contribution in [1.82, 2.24) is 5.32 Å². The van der Waals surface area contributed by atoms with E-state index in [1.807, 2.05) is 31.2 Å². The van der Waals surface area contributed by atoms with Crippen LogP contribution in [-0.4, -0.2) is 11.9 Å². The highest BCUT2D eigenvalue weighted by Gasteiger charge is 2.07. The lowest BCUT2D eigenvalue weighted by Crippen LogP contribution is -2.34. The minimum absolute atomic E-state index is 0.0666. The first-order valence-corrected chi connectivity index (χ1v) is 5.83. The van der Waals surface area contributed by atoms with E-state index in [1.165, 1.54) is 0 Å². The Balaban J connectivity index is 2.53. The molecule has 92 valence electrons. The highest BCUT2D eigenvalue weighted by atomic mass is 16.1. The van der Waals surface area contributed by atoms with Gasteiger partial charge in [0.05, 0.1) is 0 Å². The monoisotopic (exact) mass is 232 g/mol. The molecule has 0 heterocycles. The first kappa shape index (κ1) is 13.3. The Morgan fingerprint density at radius 2 is 1.82 bits per heavy atom. The van der Waals surface area contributed by atoms with Gasteiger partial charge in [0, 0.05) is 17.8 Å². The Morgan fingerprint density at radius 1 is 1.24 bits per heavy atom. The summed E-state index contributed by atoms with van der Waals surface area (Å²) in [5.41, 5.74) is 7.27. The van der Waals surface area contributed by atoms with Gasteiger partial charge in [-0.05, 0) is 36.6 Å². The Kier molecular flexibility index (Phi) is 4.76. The Labute approximate surface area is 103 Å². The Bertz CT molecular complexity index is 393. The van der Waals surface area contributed by atoms with Crippen LogP contribution in [0.5, 0.6) is 0 Å². The van der Waals surface area contributed by atoms with Crippen molar-refractivity contribution in [3.05, 3.63) is 35.9 Å². The summed E-state index contributed by atoms with van der Waals surface area (Å²) in [6, 6.07) is 7.57. The van der Waals surface area contributed by atoms with Crippen molar-refractivity contribution in [3.8, 4) is 0 Å². The van der Waals surface area contributed by atoms with Crippen molar-refractivity contribution >= 4 is 17.7 Å². The van der Waals surface area contributed by atoms with Crippen LogP contribution < -0.4 is 11.1 Å². The van der Waals surface area contributed by atoms with E-state index < -0.39 is 0 Å². The second-order valence-corrected chi connectivity index (χ2v) is 4.54. The molecule has 1 unspecified atom stereocenters. The zero-order valence-corrected chi connectivity index (χ0v) is 10.6. The minimum Gasteiger partial charge on any atom is -0.399 e. The summed E-state index contributed by atoms with van der Waals surface area (Å²) in [6.45, 7) is 6.16. The topological polar surface area (TPSA) is 55.1 Å². The van der Waals surface area contributed by atoms with Crippen molar-refractivity contribution in [2.75, 3.05) is 5.73 Å². The molecule has 0 radical (unpaired) electrons. The number of amides is 1. The molecule has 0 aliphatic rings. The number of carbonyl (C=O) groups excluding carboxylic acids is 1. The van der Waals surface area contributed by atoms with E-state index in [1.54, 1.807) is 12.2 Å². The fraction of sp³-hybridized carbons (Fsp3) is 0.357. The summed E-state index contributed by atoms with van der Waals surface area (Å²) in [6.07, 6.45) is 3.33. The second-order valence-electron chi connectivity index (χ2n) is 4.54. The van der Waals surface area contributed by atoms with Gasteiger partial charge in [0.15, 0.2) is 0 Å². The molecule has 0 saturated heterocycles. The predicted octanol–water partition coefficient (Wildman–Crippen LogP) is 2.44. The lowest BCUT2D eigenvalue weighted by Gasteiger charge is -2.15. The SMILES string of the molecule is CC(C)C(C)NC(=O)/C=C/c1ccc(N)cc1. The van der Waals surface area contributed by atoms with Gasteiger partial charge in [-0.1, -0.05) is 26.0 Å². The number of rotatable bonds is 4. The molecule has 1 amide bonds. The molecular weight excluding hydrogens is 212 g/mol. The van der Waals surface area contributed by atoms with Crippen molar-refractivity contribution in [2.45, 2.75) is 26.8 Å². The van der Waals surface area contributed by atoms with Crippen molar-refractivity contribution in [2.24, 2.45) is 5.92 Å². The smallest absolute Gasteiger partial charge is 0.244 e. The average Bonchev–Trinajstić information content (AvgIpc) is 2.28. The molecule has 3 nitrogen and oxygen atoms in total. The molecule has 1 atom stereocenters. The van der Waals surface area contributed by atoms with E-state index in [-0.39, 0.29) is 11.9 Å². The number of carbonyl (C=O) groups is 1. The lowest BCUT2D eigenvalue weighted by molar-refractivity contribution is -0.117. The van der Waals surface area contributed by atoms with Crippen LogP contribution in [-0.2, 0) is 4.79 Å². The Morgan fingerprint density at radius 3 is 2.35 bits per heavy atom. The van der Waals surface area contributed by atoms with Gasteiger partial charge in [-0.15, -0.1) is 0 Å². The average molecular weight is 232 g/mol. The van der Waals surface area contributed by atoms with Gasteiger partial charge in [-0.25, -0.2) is 0 Å².